The first-order chi connectivity index (χ1) is 9.08. The predicted molar refractivity (Wildman–Crippen MR) is 81.8 cm³/mol. The Hall–Kier alpha value is -1.02. The van der Waals surface area contributed by atoms with Crippen molar-refractivity contribution in [1.29, 1.82) is 0 Å². The molecule has 0 aliphatic carbocycles. The van der Waals surface area contributed by atoms with E-state index in [4.69, 9.17) is 0 Å². The van der Waals surface area contributed by atoms with Gasteiger partial charge in [-0.05, 0) is 69.7 Å². The Morgan fingerprint density at radius 2 is 1.84 bits per heavy atom. The van der Waals surface area contributed by atoms with Gasteiger partial charge in [0.15, 0.2) is 0 Å². The molecule has 3 aliphatic rings. The highest BCUT2D eigenvalue weighted by Crippen LogP contribution is 2.35. The normalized spacial score (nSPS) is 30.5. The average Bonchev–Trinajstić information content (AvgIpc) is 2.68. The van der Waals surface area contributed by atoms with Gasteiger partial charge in [-0.15, -0.1) is 0 Å². The molecule has 0 amide bonds. The molecule has 3 aliphatic heterocycles. The van der Waals surface area contributed by atoms with Crippen molar-refractivity contribution in [3.63, 3.8) is 0 Å². The Kier molecular flexibility index (Phi) is 3.30. The Morgan fingerprint density at radius 1 is 1.05 bits per heavy atom. The molecule has 3 atom stereocenters. The van der Waals surface area contributed by atoms with E-state index in [1.54, 1.807) is 0 Å². The monoisotopic (exact) mass is 258 g/mol. The molecule has 0 spiro atoms. The summed E-state index contributed by atoms with van der Waals surface area (Å²) in [6.45, 7) is 11.7. The van der Waals surface area contributed by atoms with E-state index >= 15 is 0 Å². The molecule has 3 fully saturated rings. The molecule has 3 saturated heterocycles. The minimum absolute atomic E-state index is 0.557. The van der Waals surface area contributed by atoms with Gasteiger partial charge in [0.25, 0.3) is 0 Å². The minimum atomic E-state index is 0.557. The number of anilines is 1. The maximum atomic E-state index is 2.70. The molecule has 19 heavy (non-hydrogen) atoms. The molecule has 0 aromatic heterocycles. The average molecular weight is 258 g/mol. The summed E-state index contributed by atoms with van der Waals surface area (Å²) in [6.07, 6.45) is 4.60. The fraction of sp³-hybridized carbons (Fsp3) is 0.647. The smallest absolute Gasteiger partial charge is 0.0795 e. The van der Waals surface area contributed by atoms with E-state index in [1.165, 1.54) is 54.7 Å². The number of hydrogen-bond acceptors (Lipinski definition) is 2. The van der Waals surface area contributed by atoms with Crippen LogP contribution in [0.5, 0.6) is 0 Å². The van der Waals surface area contributed by atoms with Crippen LogP contribution in [0.3, 0.4) is 0 Å². The van der Waals surface area contributed by atoms with Crippen molar-refractivity contribution in [2.45, 2.75) is 59.2 Å². The lowest BCUT2D eigenvalue weighted by molar-refractivity contribution is 0.177. The van der Waals surface area contributed by atoms with Crippen LogP contribution in [-0.2, 0) is 0 Å². The molecule has 3 unspecified atom stereocenters. The van der Waals surface area contributed by atoms with Crippen molar-refractivity contribution in [2.24, 2.45) is 0 Å². The highest BCUT2D eigenvalue weighted by atomic mass is 15.4. The van der Waals surface area contributed by atoms with Crippen LogP contribution in [0, 0.1) is 20.8 Å². The van der Waals surface area contributed by atoms with Gasteiger partial charge in [0.05, 0.1) is 6.17 Å². The zero-order valence-corrected chi connectivity index (χ0v) is 12.7. The van der Waals surface area contributed by atoms with Crippen LogP contribution in [0.25, 0.3) is 0 Å². The first-order valence-corrected chi connectivity index (χ1v) is 7.68. The largest absolute Gasteiger partial charge is 0.353 e. The Morgan fingerprint density at radius 3 is 2.63 bits per heavy atom. The summed E-state index contributed by atoms with van der Waals surface area (Å²) in [4.78, 5) is 5.35. The second-order valence-corrected chi connectivity index (χ2v) is 6.39. The van der Waals surface area contributed by atoms with Gasteiger partial charge in [0.2, 0.25) is 0 Å². The number of rotatable bonds is 1. The van der Waals surface area contributed by atoms with Crippen molar-refractivity contribution in [3.8, 4) is 0 Å². The molecule has 0 saturated carbocycles. The lowest BCUT2D eigenvalue weighted by Crippen LogP contribution is -2.55. The number of hydrogen-bond donors (Lipinski definition) is 0. The summed E-state index contributed by atoms with van der Waals surface area (Å²) in [5, 5.41) is 0. The van der Waals surface area contributed by atoms with Crippen LogP contribution in [-0.4, -0.2) is 30.2 Å². The summed E-state index contributed by atoms with van der Waals surface area (Å²) >= 11 is 0. The van der Waals surface area contributed by atoms with Gasteiger partial charge in [-0.25, -0.2) is 0 Å². The molecule has 2 bridgehead atoms. The van der Waals surface area contributed by atoms with Gasteiger partial charge >= 0.3 is 0 Å². The van der Waals surface area contributed by atoms with Crippen LogP contribution in [0.1, 0.15) is 42.9 Å². The first-order valence-electron chi connectivity index (χ1n) is 7.68. The number of fused-ring (bicyclic) bond motifs is 4. The number of aryl methyl sites for hydroxylation is 2. The summed E-state index contributed by atoms with van der Waals surface area (Å²) in [6, 6.07) is 5.44. The molecule has 3 heterocycles. The van der Waals surface area contributed by atoms with E-state index in [-0.39, 0.29) is 0 Å². The Bertz CT molecular complexity index is 474. The van der Waals surface area contributed by atoms with Gasteiger partial charge in [-0.2, -0.15) is 0 Å². The highest BCUT2D eigenvalue weighted by molar-refractivity contribution is 5.59. The predicted octanol–water partition coefficient (Wildman–Crippen LogP) is 3.63. The second-order valence-electron chi connectivity index (χ2n) is 6.39. The summed E-state index contributed by atoms with van der Waals surface area (Å²) in [5.74, 6) is 0. The zero-order valence-electron chi connectivity index (χ0n) is 12.7. The molecule has 0 radical (unpaired) electrons. The first kappa shape index (κ1) is 13.0. The number of benzene rings is 1. The zero-order chi connectivity index (χ0) is 13.6. The SMILES string of the molecule is Cc1cc(C)c(C)c(N2C3CCCN(CC3)C2C)c1. The van der Waals surface area contributed by atoms with Gasteiger partial charge in [0.1, 0.15) is 0 Å². The third-order valence-corrected chi connectivity index (χ3v) is 5.12. The van der Waals surface area contributed by atoms with E-state index in [0.717, 1.165) is 6.04 Å². The van der Waals surface area contributed by atoms with Crippen molar-refractivity contribution in [1.82, 2.24) is 4.90 Å². The molecule has 2 heteroatoms. The molecular weight excluding hydrogens is 232 g/mol. The van der Waals surface area contributed by atoms with Crippen molar-refractivity contribution in [3.05, 3.63) is 28.8 Å². The van der Waals surface area contributed by atoms with Crippen LogP contribution >= 0.6 is 0 Å². The topological polar surface area (TPSA) is 6.48 Å². The van der Waals surface area contributed by atoms with Crippen LogP contribution in [0.2, 0.25) is 0 Å². The van der Waals surface area contributed by atoms with Crippen molar-refractivity contribution < 1.29 is 0 Å². The summed E-state index contributed by atoms with van der Waals surface area (Å²) in [5.41, 5.74) is 5.76. The van der Waals surface area contributed by atoms with E-state index in [9.17, 15) is 0 Å². The standard InChI is InChI=1S/C17H26N2/c1-12-10-13(2)14(3)17(11-12)19-15(4)18-8-5-6-16(19)7-9-18/h10-11,15-16H,5-9H2,1-4H3. The van der Waals surface area contributed by atoms with E-state index in [2.05, 4.69) is 49.6 Å². The lowest BCUT2D eigenvalue weighted by Gasteiger charge is -2.46. The van der Waals surface area contributed by atoms with Gasteiger partial charge < -0.3 is 4.90 Å². The van der Waals surface area contributed by atoms with Crippen LogP contribution in [0.4, 0.5) is 5.69 Å². The lowest BCUT2D eigenvalue weighted by atomic mass is 9.99. The molecule has 104 valence electrons. The van der Waals surface area contributed by atoms with E-state index in [0.29, 0.717) is 6.17 Å². The van der Waals surface area contributed by atoms with Crippen LogP contribution in [0.15, 0.2) is 12.1 Å². The maximum absolute atomic E-state index is 2.70. The molecule has 2 nitrogen and oxygen atoms in total. The fourth-order valence-corrected chi connectivity index (χ4v) is 3.92. The Balaban J connectivity index is 2.05. The molecule has 0 N–H and O–H groups in total. The number of nitrogens with zero attached hydrogens (tertiary/aromatic N) is 2. The second kappa shape index (κ2) is 4.82. The van der Waals surface area contributed by atoms with Gasteiger partial charge in [-0.1, -0.05) is 6.07 Å². The molecule has 1 aromatic rings. The Labute approximate surface area is 117 Å². The highest BCUT2D eigenvalue weighted by Gasteiger charge is 2.36. The van der Waals surface area contributed by atoms with Crippen molar-refractivity contribution >= 4 is 5.69 Å². The van der Waals surface area contributed by atoms with Crippen LogP contribution < -0.4 is 4.90 Å². The van der Waals surface area contributed by atoms with E-state index in [1.807, 2.05) is 0 Å². The van der Waals surface area contributed by atoms with E-state index < -0.39 is 0 Å². The molecule has 1 aromatic carbocycles. The van der Waals surface area contributed by atoms with Crippen molar-refractivity contribution in [2.75, 3.05) is 18.0 Å². The fourth-order valence-electron chi connectivity index (χ4n) is 3.92. The summed E-state index contributed by atoms with van der Waals surface area (Å²) in [7, 11) is 0. The minimum Gasteiger partial charge on any atom is -0.353 e. The van der Waals surface area contributed by atoms with Gasteiger partial charge in [0, 0.05) is 24.8 Å². The quantitative estimate of drug-likeness (QED) is 0.759. The molecule has 4 rings (SSSR count). The third kappa shape index (κ3) is 2.16. The summed E-state index contributed by atoms with van der Waals surface area (Å²) < 4.78 is 0. The third-order valence-electron chi connectivity index (χ3n) is 5.12. The molecular formula is C17H26N2. The maximum Gasteiger partial charge on any atom is 0.0795 e. The van der Waals surface area contributed by atoms with Gasteiger partial charge in [-0.3, -0.25) is 4.90 Å².